The largest absolute Gasteiger partial charge is 0.481 e. The topological polar surface area (TPSA) is 47.0 Å². The summed E-state index contributed by atoms with van der Waals surface area (Å²) in [7, 11) is 1.60. The van der Waals surface area contributed by atoms with Gasteiger partial charge in [-0.15, -0.1) is 0 Å². The van der Waals surface area contributed by atoms with Crippen molar-refractivity contribution < 1.29 is 4.74 Å². The molecule has 0 aliphatic carbocycles. The summed E-state index contributed by atoms with van der Waals surface area (Å²) in [5.41, 5.74) is 1.97. The summed E-state index contributed by atoms with van der Waals surface area (Å²) < 4.78 is 5.04. The lowest BCUT2D eigenvalue weighted by molar-refractivity contribution is 0.398. The van der Waals surface area contributed by atoms with Crippen LogP contribution in [0.15, 0.2) is 42.7 Å². The Balaban J connectivity index is 1.99. The van der Waals surface area contributed by atoms with Crippen LogP contribution in [0, 0.1) is 0 Å². The van der Waals surface area contributed by atoms with Gasteiger partial charge in [0.05, 0.1) is 19.3 Å². The minimum atomic E-state index is 0.603. The van der Waals surface area contributed by atoms with Crippen molar-refractivity contribution in [3.63, 3.8) is 0 Å². The number of hydrogen-bond acceptors (Lipinski definition) is 4. The summed E-state index contributed by atoms with van der Waals surface area (Å²) in [5, 5.41) is 3.25. The van der Waals surface area contributed by atoms with Crippen LogP contribution in [0.3, 0.4) is 0 Å². The van der Waals surface area contributed by atoms with Gasteiger partial charge in [-0.2, -0.15) is 0 Å². The van der Waals surface area contributed by atoms with Crippen LogP contribution < -0.4 is 10.1 Å². The molecule has 0 aliphatic heterocycles. The van der Waals surface area contributed by atoms with Gasteiger partial charge < -0.3 is 10.1 Å². The second-order valence-corrected chi connectivity index (χ2v) is 3.26. The molecule has 2 rings (SSSR count). The fourth-order valence-corrected chi connectivity index (χ4v) is 1.33. The molecule has 0 saturated carbocycles. The molecule has 1 N–H and O–H groups in total. The predicted molar refractivity (Wildman–Crippen MR) is 62.4 cm³/mol. The molecule has 0 fully saturated rings. The van der Waals surface area contributed by atoms with E-state index in [1.807, 2.05) is 30.3 Å². The van der Waals surface area contributed by atoms with E-state index in [-0.39, 0.29) is 0 Å². The van der Waals surface area contributed by atoms with Crippen LogP contribution >= 0.6 is 0 Å². The highest BCUT2D eigenvalue weighted by molar-refractivity contribution is 5.45. The molecule has 0 saturated heterocycles. The molecule has 0 spiro atoms. The van der Waals surface area contributed by atoms with Gasteiger partial charge in [-0.25, -0.2) is 4.98 Å². The second kappa shape index (κ2) is 5.11. The minimum absolute atomic E-state index is 0.603. The van der Waals surface area contributed by atoms with Crippen molar-refractivity contribution in [2.24, 2.45) is 0 Å². The molecule has 2 aromatic rings. The lowest BCUT2D eigenvalue weighted by Gasteiger charge is -2.06. The van der Waals surface area contributed by atoms with Crippen molar-refractivity contribution in [3.8, 4) is 5.88 Å². The van der Waals surface area contributed by atoms with Crippen molar-refractivity contribution in [3.05, 3.63) is 48.4 Å². The number of nitrogens with zero attached hydrogens (tertiary/aromatic N) is 2. The van der Waals surface area contributed by atoms with Crippen LogP contribution in [0.5, 0.6) is 5.88 Å². The van der Waals surface area contributed by atoms with E-state index >= 15 is 0 Å². The van der Waals surface area contributed by atoms with E-state index in [2.05, 4.69) is 15.3 Å². The fraction of sp³-hybridized carbons (Fsp3) is 0.167. The average Bonchev–Trinajstić information content (AvgIpc) is 2.38. The first-order valence-corrected chi connectivity index (χ1v) is 5.02. The third-order valence-electron chi connectivity index (χ3n) is 2.14. The first-order valence-electron chi connectivity index (χ1n) is 5.02. The van der Waals surface area contributed by atoms with Gasteiger partial charge in [0.25, 0.3) is 0 Å². The van der Waals surface area contributed by atoms with Crippen LogP contribution in [-0.2, 0) is 6.54 Å². The number of rotatable bonds is 4. The molecule has 0 atom stereocenters. The molecule has 0 aromatic carbocycles. The highest BCUT2D eigenvalue weighted by Crippen LogP contribution is 2.13. The van der Waals surface area contributed by atoms with Gasteiger partial charge in [-0.05, 0) is 18.2 Å². The standard InChI is InChI=1S/C12H13N3O/c1-16-12-8-10(5-7-14-12)15-9-11-4-2-3-6-13-11/h2-8H,9H2,1H3,(H,14,15). The summed E-state index contributed by atoms with van der Waals surface area (Å²) in [6.07, 6.45) is 3.49. The molecule has 16 heavy (non-hydrogen) atoms. The van der Waals surface area contributed by atoms with Gasteiger partial charge in [0.15, 0.2) is 0 Å². The Labute approximate surface area is 94.3 Å². The van der Waals surface area contributed by atoms with Crippen molar-refractivity contribution in [1.82, 2.24) is 9.97 Å². The quantitative estimate of drug-likeness (QED) is 0.848. The molecule has 0 amide bonds. The number of aromatic nitrogens is 2. The van der Waals surface area contributed by atoms with E-state index < -0.39 is 0 Å². The second-order valence-electron chi connectivity index (χ2n) is 3.26. The Morgan fingerprint density at radius 1 is 1.19 bits per heavy atom. The van der Waals surface area contributed by atoms with Crippen molar-refractivity contribution in [1.29, 1.82) is 0 Å². The van der Waals surface area contributed by atoms with Gasteiger partial charge in [0, 0.05) is 24.1 Å². The highest BCUT2D eigenvalue weighted by atomic mass is 16.5. The molecular weight excluding hydrogens is 202 g/mol. The Morgan fingerprint density at radius 3 is 2.88 bits per heavy atom. The van der Waals surface area contributed by atoms with Crippen molar-refractivity contribution in [2.75, 3.05) is 12.4 Å². The van der Waals surface area contributed by atoms with Gasteiger partial charge >= 0.3 is 0 Å². The molecular formula is C12H13N3O. The van der Waals surface area contributed by atoms with E-state index in [9.17, 15) is 0 Å². The number of ether oxygens (including phenoxy) is 1. The number of hydrogen-bond donors (Lipinski definition) is 1. The maximum atomic E-state index is 5.04. The normalized spacial score (nSPS) is 9.81. The van der Waals surface area contributed by atoms with Gasteiger partial charge in [0.2, 0.25) is 5.88 Å². The van der Waals surface area contributed by atoms with Crippen LogP contribution in [0.25, 0.3) is 0 Å². The maximum absolute atomic E-state index is 5.04. The first-order chi connectivity index (χ1) is 7.88. The molecule has 2 heterocycles. The smallest absolute Gasteiger partial charge is 0.214 e. The van der Waals surface area contributed by atoms with Crippen molar-refractivity contribution in [2.45, 2.75) is 6.54 Å². The predicted octanol–water partition coefficient (Wildman–Crippen LogP) is 2.10. The highest BCUT2D eigenvalue weighted by Gasteiger charge is 1.97. The summed E-state index contributed by atoms with van der Waals surface area (Å²) in [5.74, 6) is 0.603. The van der Waals surface area contributed by atoms with Crippen LogP contribution in [0.4, 0.5) is 5.69 Å². The van der Waals surface area contributed by atoms with E-state index in [0.717, 1.165) is 11.4 Å². The van der Waals surface area contributed by atoms with E-state index in [0.29, 0.717) is 12.4 Å². The molecule has 0 radical (unpaired) electrons. The van der Waals surface area contributed by atoms with E-state index in [1.54, 1.807) is 19.5 Å². The zero-order valence-corrected chi connectivity index (χ0v) is 9.05. The zero-order valence-electron chi connectivity index (χ0n) is 9.05. The Kier molecular flexibility index (Phi) is 3.33. The Hall–Kier alpha value is -2.10. The van der Waals surface area contributed by atoms with Gasteiger partial charge in [-0.1, -0.05) is 6.07 Å². The van der Waals surface area contributed by atoms with Gasteiger partial charge in [-0.3, -0.25) is 4.98 Å². The molecule has 4 heteroatoms. The van der Waals surface area contributed by atoms with Crippen LogP contribution in [0.2, 0.25) is 0 Å². The van der Waals surface area contributed by atoms with Crippen LogP contribution in [-0.4, -0.2) is 17.1 Å². The number of pyridine rings is 2. The average molecular weight is 215 g/mol. The van der Waals surface area contributed by atoms with Crippen LogP contribution in [0.1, 0.15) is 5.69 Å². The first kappa shape index (κ1) is 10.4. The fourth-order valence-electron chi connectivity index (χ4n) is 1.33. The van der Waals surface area contributed by atoms with E-state index in [4.69, 9.17) is 4.74 Å². The molecule has 4 nitrogen and oxygen atoms in total. The monoisotopic (exact) mass is 215 g/mol. The number of nitrogens with one attached hydrogen (secondary N) is 1. The molecule has 0 bridgehead atoms. The Bertz CT molecular complexity index is 445. The summed E-state index contributed by atoms with van der Waals surface area (Å²) >= 11 is 0. The molecule has 2 aromatic heterocycles. The lowest BCUT2D eigenvalue weighted by atomic mass is 10.3. The zero-order chi connectivity index (χ0) is 11.2. The summed E-state index contributed by atoms with van der Waals surface area (Å²) in [6, 6.07) is 9.59. The summed E-state index contributed by atoms with van der Waals surface area (Å²) in [6.45, 7) is 0.688. The maximum Gasteiger partial charge on any atom is 0.214 e. The SMILES string of the molecule is COc1cc(NCc2ccccn2)ccn1. The molecule has 0 aliphatic rings. The number of anilines is 1. The summed E-state index contributed by atoms with van der Waals surface area (Å²) in [4.78, 5) is 8.26. The van der Waals surface area contributed by atoms with Crippen molar-refractivity contribution >= 4 is 5.69 Å². The molecule has 0 unspecified atom stereocenters. The lowest BCUT2D eigenvalue weighted by Crippen LogP contribution is -2.01. The Morgan fingerprint density at radius 2 is 2.12 bits per heavy atom. The third kappa shape index (κ3) is 2.70. The molecule has 82 valence electrons. The number of methoxy groups -OCH3 is 1. The van der Waals surface area contributed by atoms with Gasteiger partial charge in [0.1, 0.15) is 0 Å². The minimum Gasteiger partial charge on any atom is -0.481 e. The third-order valence-corrected chi connectivity index (χ3v) is 2.14. The van der Waals surface area contributed by atoms with E-state index in [1.165, 1.54) is 0 Å².